The smallest absolute Gasteiger partial charge is 0.272 e. The maximum absolute atomic E-state index is 13.0. The molecule has 0 radical (unpaired) electrons. The summed E-state index contributed by atoms with van der Waals surface area (Å²) in [7, 11) is 1.38. The zero-order valence-corrected chi connectivity index (χ0v) is 7.63. The predicted molar refractivity (Wildman–Crippen MR) is 46.2 cm³/mol. The number of hydrogen-bond acceptors (Lipinski definition) is 3. The van der Waals surface area contributed by atoms with Gasteiger partial charge in [0.2, 0.25) is 5.88 Å². The van der Waals surface area contributed by atoms with Gasteiger partial charge in [-0.05, 0) is 6.07 Å². The highest BCUT2D eigenvalue weighted by Gasteiger charge is 2.71. The van der Waals surface area contributed by atoms with E-state index in [9.17, 15) is 8.78 Å². The summed E-state index contributed by atoms with van der Waals surface area (Å²) in [5, 5.41) is 0. The van der Waals surface area contributed by atoms with Crippen molar-refractivity contribution in [3.63, 3.8) is 0 Å². The van der Waals surface area contributed by atoms with Gasteiger partial charge < -0.3 is 10.5 Å². The number of rotatable bonds is 2. The maximum atomic E-state index is 13.0. The monoisotopic (exact) mass is 200 g/mol. The summed E-state index contributed by atoms with van der Waals surface area (Å²) in [5.41, 5.74) is 4.23. The average Bonchev–Trinajstić information content (AvgIpc) is 2.67. The highest BCUT2D eigenvalue weighted by Crippen LogP contribution is 2.58. The number of nitrogens with zero attached hydrogens (tertiary/aromatic N) is 1. The van der Waals surface area contributed by atoms with Crippen molar-refractivity contribution in [2.24, 2.45) is 5.73 Å². The van der Waals surface area contributed by atoms with Crippen LogP contribution in [0.2, 0.25) is 0 Å². The van der Waals surface area contributed by atoms with E-state index < -0.39 is 11.5 Å². The van der Waals surface area contributed by atoms with E-state index in [4.69, 9.17) is 10.5 Å². The summed E-state index contributed by atoms with van der Waals surface area (Å²) in [5.74, 6) is -2.67. The van der Waals surface area contributed by atoms with Gasteiger partial charge in [-0.3, -0.25) is 0 Å². The lowest BCUT2D eigenvalue weighted by molar-refractivity contribution is 0.0882. The zero-order chi connectivity index (χ0) is 10.4. The molecule has 1 saturated carbocycles. The van der Waals surface area contributed by atoms with Crippen LogP contribution in [0.3, 0.4) is 0 Å². The number of hydrogen-bond donors (Lipinski definition) is 1. The zero-order valence-electron chi connectivity index (χ0n) is 7.63. The fraction of sp³-hybridized carbons (Fsp3) is 0.444. The minimum absolute atomic E-state index is 0.173. The number of nitrogens with two attached hydrogens (primary N) is 1. The molecule has 0 bridgehead atoms. The molecule has 1 aromatic heterocycles. The molecule has 76 valence electrons. The van der Waals surface area contributed by atoms with Gasteiger partial charge in [-0.2, -0.15) is 0 Å². The van der Waals surface area contributed by atoms with Gasteiger partial charge in [-0.1, -0.05) is 6.07 Å². The Morgan fingerprint density at radius 1 is 1.57 bits per heavy atom. The van der Waals surface area contributed by atoms with E-state index in [0.717, 1.165) is 0 Å². The Balaban J connectivity index is 2.43. The van der Waals surface area contributed by atoms with Gasteiger partial charge in [0.15, 0.2) is 0 Å². The molecule has 1 aliphatic rings. The Morgan fingerprint density at radius 2 is 2.21 bits per heavy atom. The summed E-state index contributed by atoms with van der Waals surface area (Å²) >= 11 is 0. The van der Waals surface area contributed by atoms with Crippen molar-refractivity contribution in [3.8, 4) is 5.88 Å². The Labute approximate surface area is 79.9 Å². The van der Waals surface area contributed by atoms with Crippen LogP contribution >= 0.6 is 0 Å². The van der Waals surface area contributed by atoms with Gasteiger partial charge >= 0.3 is 0 Å². The highest BCUT2D eigenvalue weighted by atomic mass is 19.3. The number of pyridine rings is 1. The summed E-state index contributed by atoms with van der Waals surface area (Å²) in [6.45, 7) is 0. The largest absolute Gasteiger partial charge is 0.481 e. The van der Waals surface area contributed by atoms with Crippen LogP contribution in [-0.4, -0.2) is 18.0 Å². The summed E-state index contributed by atoms with van der Waals surface area (Å²) < 4.78 is 30.8. The lowest BCUT2D eigenvalue weighted by atomic mass is 10.1. The van der Waals surface area contributed by atoms with E-state index >= 15 is 0 Å². The molecule has 2 rings (SSSR count). The third-order valence-electron chi connectivity index (χ3n) is 2.47. The van der Waals surface area contributed by atoms with Crippen molar-refractivity contribution in [1.82, 2.24) is 4.98 Å². The van der Waals surface area contributed by atoms with Crippen molar-refractivity contribution < 1.29 is 13.5 Å². The fourth-order valence-electron chi connectivity index (χ4n) is 1.49. The van der Waals surface area contributed by atoms with Crippen LogP contribution in [-0.2, 0) is 5.54 Å². The van der Waals surface area contributed by atoms with Crippen LogP contribution in [0.15, 0.2) is 18.3 Å². The summed E-state index contributed by atoms with van der Waals surface area (Å²) in [6, 6.07) is 3.09. The molecule has 0 spiro atoms. The first-order chi connectivity index (χ1) is 6.51. The van der Waals surface area contributed by atoms with Crippen molar-refractivity contribution in [2.75, 3.05) is 7.11 Å². The molecular weight excluding hydrogens is 190 g/mol. The van der Waals surface area contributed by atoms with Crippen LogP contribution in [0, 0.1) is 0 Å². The number of ether oxygens (including phenoxy) is 1. The summed E-state index contributed by atoms with van der Waals surface area (Å²) in [4.78, 5) is 3.83. The van der Waals surface area contributed by atoms with E-state index in [1.165, 1.54) is 19.4 Å². The van der Waals surface area contributed by atoms with Crippen molar-refractivity contribution >= 4 is 0 Å². The number of methoxy groups -OCH3 is 1. The second kappa shape index (κ2) is 2.63. The molecule has 1 heterocycles. The van der Waals surface area contributed by atoms with Crippen LogP contribution in [0.5, 0.6) is 5.88 Å². The van der Waals surface area contributed by atoms with Gasteiger partial charge in [0.25, 0.3) is 5.92 Å². The van der Waals surface area contributed by atoms with E-state index in [0.29, 0.717) is 0 Å². The molecular formula is C9H10F2N2O. The van der Waals surface area contributed by atoms with E-state index in [2.05, 4.69) is 4.98 Å². The maximum Gasteiger partial charge on any atom is 0.272 e. The van der Waals surface area contributed by atoms with Crippen LogP contribution in [0.4, 0.5) is 8.78 Å². The molecule has 5 heteroatoms. The molecule has 1 aromatic rings. The van der Waals surface area contributed by atoms with Gasteiger partial charge in [-0.25, -0.2) is 13.8 Å². The molecule has 1 fully saturated rings. The molecule has 1 atom stereocenters. The molecule has 0 aliphatic heterocycles. The first-order valence-electron chi connectivity index (χ1n) is 4.17. The quantitative estimate of drug-likeness (QED) is 0.782. The van der Waals surface area contributed by atoms with Crippen LogP contribution in [0.25, 0.3) is 0 Å². The van der Waals surface area contributed by atoms with E-state index in [1.54, 1.807) is 6.07 Å². The molecule has 3 nitrogen and oxygen atoms in total. The minimum Gasteiger partial charge on any atom is -0.481 e. The lowest BCUT2D eigenvalue weighted by Crippen LogP contribution is -2.27. The molecule has 1 aliphatic carbocycles. The number of alkyl halides is 2. The van der Waals surface area contributed by atoms with E-state index in [1.807, 2.05) is 0 Å². The topological polar surface area (TPSA) is 48.1 Å². The Hall–Kier alpha value is -1.23. The van der Waals surface area contributed by atoms with Gasteiger partial charge in [0.05, 0.1) is 7.11 Å². The average molecular weight is 200 g/mol. The van der Waals surface area contributed by atoms with Gasteiger partial charge in [0, 0.05) is 18.2 Å². The molecule has 0 aromatic carbocycles. The van der Waals surface area contributed by atoms with E-state index in [-0.39, 0.29) is 17.9 Å². The Kier molecular flexibility index (Phi) is 1.75. The van der Waals surface area contributed by atoms with Gasteiger partial charge in [0.1, 0.15) is 5.54 Å². The first-order valence-corrected chi connectivity index (χ1v) is 4.17. The first kappa shape index (κ1) is 9.33. The second-order valence-electron chi connectivity index (χ2n) is 3.41. The van der Waals surface area contributed by atoms with Gasteiger partial charge in [-0.15, -0.1) is 0 Å². The van der Waals surface area contributed by atoms with Crippen LogP contribution in [0.1, 0.15) is 12.0 Å². The highest BCUT2D eigenvalue weighted by molar-refractivity contribution is 5.41. The number of halogens is 2. The third kappa shape index (κ3) is 1.09. The Bertz CT molecular complexity index is 370. The molecule has 14 heavy (non-hydrogen) atoms. The van der Waals surface area contributed by atoms with Crippen LogP contribution < -0.4 is 10.5 Å². The standard InChI is InChI=1S/C9H10F2N2O/c1-14-7-6(3-2-4-13-7)8(12)5-9(8,10)11/h2-4H,5,12H2,1H3. The minimum atomic E-state index is -2.84. The fourth-order valence-corrected chi connectivity index (χ4v) is 1.49. The summed E-state index contributed by atoms with van der Waals surface area (Å²) in [6.07, 6.45) is 1.13. The number of aromatic nitrogens is 1. The lowest BCUT2D eigenvalue weighted by Gasteiger charge is -2.13. The molecule has 2 N–H and O–H groups in total. The predicted octanol–water partition coefficient (Wildman–Crippen LogP) is 1.28. The van der Waals surface area contributed by atoms with Crippen molar-refractivity contribution in [1.29, 1.82) is 0 Å². The third-order valence-corrected chi connectivity index (χ3v) is 2.47. The molecule has 0 saturated heterocycles. The molecule has 0 amide bonds. The Morgan fingerprint density at radius 3 is 2.71 bits per heavy atom. The molecule has 1 unspecified atom stereocenters. The van der Waals surface area contributed by atoms with Crippen molar-refractivity contribution in [2.45, 2.75) is 17.9 Å². The van der Waals surface area contributed by atoms with Crippen molar-refractivity contribution in [3.05, 3.63) is 23.9 Å². The second-order valence-corrected chi connectivity index (χ2v) is 3.41. The normalized spacial score (nSPS) is 28.6. The SMILES string of the molecule is COc1ncccc1C1(N)CC1(F)F.